The summed E-state index contributed by atoms with van der Waals surface area (Å²) in [4.78, 5) is 17.4. The Hall–Kier alpha value is -3.15. The molecule has 1 amide bonds. The number of nitrogens with zero attached hydrogens (tertiary/aromatic N) is 1. The lowest BCUT2D eigenvalue weighted by Gasteiger charge is -2.13. The molecule has 4 rings (SSSR count). The number of benzene rings is 1. The van der Waals surface area contributed by atoms with E-state index in [2.05, 4.69) is 4.98 Å². The second-order valence-corrected chi connectivity index (χ2v) is 5.61. The van der Waals surface area contributed by atoms with Gasteiger partial charge < -0.3 is 19.2 Å². The zero-order chi connectivity index (χ0) is 16.7. The van der Waals surface area contributed by atoms with Crippen LogP contribution in [-0.2, 0) is 11.2 Å². The molecule has 0 spiro atoms. The second kappa shape index (κ2) is 5.49. The molecule has 6 nitrogen and oxygen atoms in total. The number of aliphatic hydroxyl groups is 1. The highest BCUT2D eigenvalue weighted by Gasteiger charge is 2.28. The molecule has 0 radical (unpaired) electrons. The van der Waals surface area contributed by atoms with Gasteiger partial charge in [-0.25, -0.2) is 0 Å². The molecule has 6 heteroatoms. The van der Waals surface area contributed by atoms with Crippen LogP contribution in [0, 0.1) is 0 Å². The Labute approximate surface area is 137 Å². The molecular weight excluding hydrogens is 308 g/mol. The first-order chi connectivity index (χ1) is 11.7. The first kappa shape index (κ1) is 14.4. The van der Waals surface area contributed by atoms with E-state index >= 15 is 0 Å². The highest BCUT2D eigenvalue weighted by atomic mass is 16.5. The monoisotopic (exact) mass is 324 g/mol. The zero-order valence-electron chi connectivity index (χ0n) is 13.1. The number of rotatable bonds is 3. The van der Waals surface area contributed by atoms with Gasteiger partial charge in [-0.15, -0.1) is 0 Å². The molecule has 24 heavy (non-hydrogen) atoms. The highest BCUT2D eigenvalue weighted by Crippen LogP contribution is 2.36. The lowest BCUT2D eigenvalue weighted by Crippen LogP contribution is -2.27. The summed E-state index contributed by atoms with van der Waals surface area (Å²) in [5.74, 6) is 1.35. The van der Waals surface area contributed by atoms with E-state index in [9.17, 15) is 9.90 Å². The summed E-state index contributed by atoms with van der Waals surface area (Å²) in [6, 6.07) is 9.04. The molecule has 0 saturated heterocycles. The number of furan rings is 1. The van der Waals surface area contributed by atoms with Gasteiger partial charge in [0.1, 0.15) is 11.6 Å². The maximum absolute atomic E-state index is 12.5. The van der Waals surface area contributed by atoms with Gasteiger partial charge >= 0.3 is 0 Å². The molecular formula is C18H16N2O4. The standard InChI is InChI=1S/C18H16N2O4/c1-23-11-4-5-14-13(9-11)12-6-7-20(18(12)19-14)17(22)10-15(21)16-3-2-8-24-16/h2-5,8-10,19,21H,6-7H2,1H3/b15-10-. The van der Waals surface area contributed by atoms with E-state index in [1.54, 1.807) is 24.1 Å². The van der Waals surface area contributed by atoms with E-state index in [1.165, 1.54) is 12.3 Å². The van der Waals surface area contributed by atoms with E-state index in [4.69, 9.17) is 9.15 Å². The maximum Gasteiger partial charge on any atom is 0.255 e. The number of carbonyl (C=O) groups excluding carboxylic acids is 1. The molecule has 2 aromatic heterocycles. The SMILES string of the molecule is COc1ccc2[nH]c3c(c2c1)CCN3C(=O)/C=C(\O)c1ccco1. The van der Waals surface area contributed by atoms with Crippen LogP contribution >= 0.6 is 0 Å². The predicted molar refractivity (Wildman–Crippen MR) is 90.2 cm³/mol. The molecule has 3 heterocycles. The van der Waals surface area contributed by atoms with E-state index in [0.29, 0.717) is 6.54 Å². The fourth-order valence-corrected chi connectivity index (χ4v) is 3.07. The van der Waals surface area contributed by atoms with Crippen molar-refractivity contribution in [1.82, 2.24) is 4.98 Å². The lowest BCUT2D eigenvalue weighted by molar-refractivity contribution is -0.114. The van der Waals surface area contributed by atoms with Crippen LogP contribution in [0.3, 0.4) is 0 Å². The number of anilines is 1. The average Bonchev–Trinajstić information content (AvgIpc) is 3.30. The molecule has 2 N–H and O–H groups in total. The van der Waals surface area contributed by atoms with Gasteiger partial charge in [0.15, 0.2) is 11.5 Å². The largest absolute Gasteiger partial charge is 0.504 e. The van der Waals surface area contributed by atoms with Crippen LogP contribution in [-0.4, -0.2) is 29.7 Å². The van der Waals surface area contributed by atoms with Crippen molar-refractivity contribution in [2.45, 2.75) is 6.42 Å². The topological polar surface area (TPSA) is 78.7 Å². The molecule has 0 fully saturated rings. The van der Waals surface area contributed by atoms with Crippen LogP contribution in [0.2, 0.25) is 0 Å². The Kier molecular flexibility index (Phi) is 3.30. The number of fused-ring (bicyclic) bond motifs is 3. The Balaban J connectivity index is 1.68. The Morgan fingerprint density at radius 3 is 3.04 bits per heavy atom. The van der Waals surface area contributed by atoms with Gasteiger partial charge in [-0.2, -0.15) is 0 Å². The molecule has 0 unspecified atom stereocenters. The van der Waals surface area contributed by atoms with Crippen LogP contribution in [0.4, 0.5) is 5.82 Å². The molecule has 122 valence electrons. The Morgan fingerprint density at radius 1 is 1.42 bits per heavy atom. The van der Waals surface area contributed by atoms with Crippen LogP contribution < -0.4 is 9.64 Å². The summed E-state index contributed by atoms with van der Waals surface area (Å²) in [5, 5.41) is 11.0. The molecule has 1 aromatic carbocycles. The number of aromatic amines is 1. The van der Waals surface area contributed by atoms with E-state index in [-0.39, 0.29) is 17.4 Å². The lowest BCUT2D eigenvalue weighted by atomic mass is 10.1. The van der Waals surface area contributed by atoms with Crippen molar-refractivity contribution in [3.63, 3.8) is 0 Å². The van der Waals surface area contributed by atoms with Gasteiger partial charge in [0, 0.05) is 29.1 Å². The highest BCUT2D eigenvalue weighted by molar-refractivity contribution is 6.07. The minimum absolute atomic E-state index is 0.184. The Morgan fingerprint density at radius 2 is 2.29 bits per heavy atom. The van der Waals surface area contributed by atoms with Gasteiger partial charge in [0.2, 0.25) is 0 Å². The average molecular weight is 324 g/mol. The minimum Gasteiger partial charge on any atom is -0.504 e. The molecule has 0 bridgehead atoms. The summed E-state index contributed by atoms with van der Waals surface area (Å²) in [6.45, 7) is 0.565. The second-order valence-electron chi connectivity index (χ2n) is 5.61. The third-order valence-electron chi connectivity index (χ3n) is 4.25. The third-order valence-corrected chi connectivity index (χ3v) is 4.25. The van der Waals surface area contributed by atoms with Crippen molar-refractivity contribution in [3.8, 4) is 5.75 Å². The summed E-state index contributed by atoms with van der Waals surface area (Å²) in [5.41, 5.74) is 2.04. The number of aliphatic hydroxyl groups excluding tert-OH is 1. The van der Waals surface area contributed by atoms with Gasteiger partial charge in [0.25, 0.3) is 5.91 Å². The van der Waals surface area contributed by atoms with E-state index in [0.717, 1.165) is 34.5 Å². The summed E-state index contributed by atoms with van der Waals surface area (Å²) >= 11 is 0. The van der Waals surface area contributed by atoms with Crippen molar-refractivity contribution in [1.29, 1.82) is 0 Å². The smallest absolute Gasteiger partial charge is 0.255 e. The first-order valence-electron chi connectivity index (χ1n) is 7.62. The molecule has 0 atom stereocenters. The van der Waals surface area contributed by atoms with E-state index in [1.807, 2.05) is 18.2 Å². The first-order valence-corrected chi connectivity index (χ1v) is 7.62. The van der Waals surface area contributed by atoms with Crippen molar-refractivity contribution in [2.24, 2.45) is 0 Å². The van der Waals surface area contributed by atoms with Gasteiger partial charge in [-0.3, -0.25) is 9.69 Å². The molecule has 1 aliphatic heterocycles. The Bertz CT molecular complexity index is 937. The fourth-order valence-electron chi connectivity index (χ4n) is 3.07. The van der Waals surface area contributed by atoms with Crippen LogP contribution in [0.5, 0.6) is 5.75 Å². The molecule has 0 aliphatic carbocycles. The summed E-state index contributed by atoms with van der Waals surface area (Å²) in [6.07, 6.45) is 3.38. The molecule has 1 aliphatic rings. The van der Waals surface area contributed by atoms with Crippen molar-refractivity contribution in [3.05, 3.63) is 54.0 Å². The summed E-state index contributed by atoms with van der Waals surface area (Å²) in [7, 11) is 1.63. The number of methoxy groups -OCH3 is 1. The number of amides is 1. The number of nitrogens with one attached hydrogen (secondary N) is 1. The number of aromatic nitrogens is 1. The maximum atomic E-state index is 12.5. The zero-order valence-corrected chi connectivity index (χ0v) is 13.1. The quantitative estimate of drug-likeness (QED) is 0.572. The molecule has 3 aromatic rings. The van der Waals surface area contributed by atoms with Gasteiger partial charge in [-0.1, -0.05) is 0 Å². The number of hydrogen-bond donors (Lipinski definition) is 2. The minimum atomic E-state index is -0.291. The van der Waals surface area contributed by atoms with Crippen LogP contribution in [0.25, 0.3) is 16.7 Å². The number of hydrogen-bond acceptors (Lipinski definition) is 4. The van der Waals surface area contributed by atoms with Crippen molar-refractivity contribution in [2.75, 3.05) is 18.6 Å². The molecule has 0 saturated carbocycles. The van der Waals surface area contributed by atoms with Crippen molar-refractivity contribution < 1.29 is 19.1 Å². The fraction of sp³-hybridized carbons (Fsp3) is 0.167. The third kappa shape index (κ3) is 2.23. The number of carbonyl (C=O) groups is 1. The summed E-state index contributed by atoms with van der Waals surface area (Å²) < 4.78 is 10.4. The normalized spacial score (nSPS) is 14.2. The number of ether oxygens (including phenoxy) is 1. The van der Waals surface area contributed by atoms with Crippen molar-refractivity contribution >= 4 is 28.4 Å². The van der Waals surface area contributed by atoms with Gasteiger partial charge in [0.05, 0.1) is 13.4 Å². The number of H-pyrrole nitrogens is 1. The van der Waals surface area contributed by atoms with Crippen LogP contribution in [0.1, 0.15) is 11.3 Å². The van der Waals surface area contributed by atoms with Crippen LogP contribution in [0.15, 0.2) is 47.1 Å². The van der Waals surface area contributed by atoms with E-state index < -0.39 is 0 Å². The van der Waals surface area contributed by atoms with Gasteiger partial charge in [-0.05, 0) is 36.8 Å². The predicted octanol–water partition coefficient (Wildman–Crippen LogP) is 3.26.